The molecule has 1 heterocycles. The van der Waals surface area contributed by atoms with Crippen LogP contribution < -0.4 is 5.32 Å². The highest BCUT2D eigenvalue weighted by atomic mass is 35.5. The van der Waals surface area contributed by atoms with Crippen molar-refractivity contribution in [3.05, 3.63) is 34.9 Å². The number of carbonyl (C=O) groups excluding carboxylic acids is 1. The molecule has 0 bridgehead atoms. The van der Waals surface area contributed by atoms with E-state index in [0.717, 1.165) is 23.8 Å². The highest BCUT2D eigenvalue weighted by Crippen LogP contribution is 2.29. The van der Waals surface area contributed by atoms with Gasteiger partial charge in [-0.3, -0.25) is 4.79 Å². The number of hydrogen-bond donors (Lipinski definition) is 1. The molecule has 0 radical (unpaired) electrons. The first-order valence-electron chi connectivity index (χ1n) is 10.1. The lowest BCUT2D eigenvalue weighted by atomic mass is 9.99. The van der Waals surface area contributed by atoms with Crippen LogP contribution in [0.2, 0.25) is 5.02 Å². The highest BCUT2D eigenvalue weighted by Gasteiger charge is 2.32. The number of rotatable bonds is 8. The molecule has 0 aromatic heterocycles. The second-order valence-electron chi connectivity index (χ2n) is 7.65. The Morgan fingerprint density at radius 3 is 2.57 bits per heavy atom. The van der Waals surface area contributed by atoms with E-state index in [4.69, 9.17) is 11.6 Å². The quantitative estimate of drug-likeness (QED) is 0.621. The molecule has 1 aliphatic carbocycles. The maximum absolute atomic E-state index is 12.8. The van der Waals surface area contributed by atoms with Crippen molar-refractivity contribution in [1.29, 1.82) is 0 Å². The van der Waals surface area contributed by atoms with Gasteiger partial charge >= 0.3 is 0 Å². The molecule has 1 aromatic rings. The second kappa shape index (κ2) is 10.3. The van der Waals surface area contributed by atoms with Gasteiger partial charge in [-0.25, -0.2) is 12.7 Å². The van der Waals surface area contributed by atoms with E-state index >= 15 is 0 Å². The van der Waals surface area contributed by atoms with Crippen LogP contribution in [0.5, 0.6) is 0 Å². The van der Waals surface area contributed by atoms with Crippen LogP contribution in [0.4, 0.5) is 0 Å². The van der Waals surface area contributed by atoms with Crippen LogP contribution in [0, 0.1) is 5.92 Å². The van der Waals surface area contributed by atoms with Gasteiger partial charge < -0.3 is 5.32 Å². The molecule has 28 heavy (non-hydrogen) atoms. The SMILES string of the molecule is O=C(NCCSC1CCCC1)[C@H]1CCCN(S(=O)(=O)Cc2ccc(Cl)cc2)C1. The average molecular weight is 445 g/mol. The summed E-state index contributed by atoms with van der Waals surface area (Å²) in [6.45, 7) is 1.42. The van der Waals surface area contributed by atoms with Gasteiger partial charge in [-0.2, -0.15) is 11.8 Å². The molecule has 8 heteroatoms. The Balaban J connectivity index is 1.46. The first-order valence-corrected chi connectivity index (χ1v) is 13.1. The van der Waals surface area contributed by atoms with Crippen molar-refractivity contribution in [3.63, 3.8) is 0 Å². The predicted octanol–water partition coefficient (Wildman–Crippen LogP) is 3.67. The van der Waals surface area contributed by atoms with Gasteiger partial charge in [0.15, 0.2) is 0 Å². The third kappa shape index (κ3) is 6.37. The van der Waals surface area contributed by atoms with Gasteiger partial charge in [-0.15, -0.1) is 0 Å². The molecule has 3 rings (SSSR count). The highest BCUT2D eigenvalue weighted by molar-refractivity contribution is 7.99. The Bertz CT molecular complexity index is 749. The van der Waals surface area contributed by atoms with E-state index in [1.54, 1.807) is 24.3 Å². The first kappa shape index (κ1) is 21.9. The van der Waals surface area contributed by atoms with Gasteiger partial charge in [-0.1, -0.05) is 36.6 Å². The Labute approximate surface area is 177 Å². The Morgan fingerprint density at radius 2 is 1.86 bits per heavy atom. The molecule has 1 aromatic carbocycles. The van der Waals surface area contributed by atoms with Crippen LogP contribution in [-0.2, 0) is 20.6 Å². The van der Waals surface area contributed by atoms with Gasteiger partial charge in [0.05, 0.1) is 11.7 Å². The Morgan fingerprint density at radius 1 is 1.14 bits per heavy atom. The van der Waals surface area contributed by atoms with E-state index in [1.807, 2.05) is 11.8 Å². The zero-order valence-corrected chi connectivity index (χ0v) is 18.5. The van der Waals surface area contributed by atoms with Crippen molar-refractivity contribution in [1.82, 2.24) is 9.62 Å². The topological polar surface area (TPSA) is 66.5 Å². The van der Waals surface area contributed by atoms with Crippen LogP contribution >= 0.6 is 23.4 Å². The fraction of sp³-hybridized carbons (Fsp3) is 0.650. The number of amides is 1. The second-order valence-corrected chi connectivity index (χ2v) is 11.5. The molecular formula is C20H29ClN2O3S2. The molecule has 1 saturated carbocycles. The fourth-order valence-corrected chi connectivity index (χ4v) is 6.85. The van der Waals surface area contributed by atoms with E-state index in [2.05, 4.69) is 5.32 Å². The maximum Gasteiger partial charge on any atom is 0.224 e. The van der Waals surface area contributed by atoms with Gasteiger partial charge in [0.2, 0.25) is 15.9 Å². The van der Waals surface area contributed by atoms with Crippen molar-refractivity contribution in [2.75, 3.05) is 25.4 Å². The predicted molar refractivity (Wildman–Crippen MR) is 116 cm³/mol. The monoisotopic (exact) mass is 444 g/mol. The van der Waals surface area contributed by atoms with E-state index in [-0.39, 0.29) is 24.1 Å². The van der Waals surface area contributed by atoms with E-state index < -0.39 is 10.0 Å². The largest absolute Gasteiger partial charge is 0.355 e. The number of benzene rings is 1. The molecule has 1 atom stereocenters. The summed E-state index contributed by atoms with van der Waals surface area (Å²) in [6.07, 6.45) is 6.70. The van der Waals surface area contributed by atoms with Gasteiger partial charge in [-0.05, 0) is 43.4 Å². The lowest BCUT2D eigenvalue weighted by Gasteiger charge is -2.31. The van der Waals surface area contributed by atoms with Gasteiger partial charge in [0.1, 0.15) is 0 Å². The van der Waals surface area contributed by atoms with Gasteiger partial charge in [0.25, 0.3) is 0 Å². The minimum atomic E-state index is -3.45. The molecule has 1 saturated heterocycles. The van der Waals surface area contributed by atoms with E-state index in [1.165, 1.54) is 30.0 Å². The average Bonchev–Trinajstić information content (AvgIpc) is 3.20. The molecule has 1 aliphatic heterocycles. The summed E-state index contributed by atoms with van der Waals surface area (Å²) >= 11 is 7.82. The van der Waals surface area contributed by atoms with Crippen LogP contribution in [0.15, 0.2) is 24.3 Å². The third-order valence-corrected chi connectivity index (χ3v) is 8.92. The molecule has 0 unspecified atom stereocenters. The minimum Gasteiger partial charge on any atom is -0.355 e. The lowest BCUT2D eigenvalue weighted by Crippen LogP contribution is -2.46. The summed E-state index contributed by atoms with van der Waals surface area (Å²) in [6, 6.07) is 6.86. The van der Waals surface area contributed by atoms with Crippen LogP contribution in [0.25, 0.3) is 0 Å². The number of hydrogen-bond acceptors (Lipinski definition) is 4. The van der Waals surface area contributed by atoms with Crippen molar-refractivity contribution in [3.8, 4) is 0 Å². The smallest absolute Gasteiger partial charge is 0.224 e. The van der Waals surface area contributed by atoms with Gasteiger partial charge in [0, 0.05) is 35.7 Å². The summed E-state index contributed by atoms with van der Waals surface area (Å²) < 4.78 is 27.0. The summed E-state index contributed by atoms with van der Waals surface area (Å²) in [5, 5.41) is 4.34. The molecule has 1 N–H and O–H groups in total. The maximum atomic E-state index is 12.8. The lowest BCUT2D eigenvalue weighted by molar-refractivity contribution is -0.125. The molecule has 1 amide bonds. The van der Waals surface area contributed by atoms with Crippen molar-refractivity contribution >= 4 is 39.3 Å². The zero-order chi connectivity index (χ0) is 20.0. The Hall–Kier alpha value is -0.760. The van der Waals surface area contributed by atoms with E-state index in [0.29, 0.717) is 23.7 Å². The number of sulfonamides is 1. The zero-order valence-electron chi connectivity index (χ0n) is 16.1. The summed E-state index contributed by atoms with van der Waals surface area (Å²) in [5.41, 5.74) is 0.708. The van der Waals surface area contributed by atoms with Crippen molar-refractivity contribution in [2.45, 2.75) is 49.5 Å². The van der Waals surface area contributed by atoms with Crippen molar-refractivity contribution < 1.29 is 13.2 Å². The standard InChI is InChI=1S/C20H29ClN2O3S2/c21-18-9-7-16(8-10-18)15-28(25,26)23-12-3-4-17(14-23)20(24)22-11-13-27-19-5-1-2-6-19/h7-10,17,19H,1-6,11-15H2,(H,22,24)/t17-/m0/s1. The summed E-state index contributed by atoms with van der Waals surface area (Å²) in [4.78, 5) is 12.5. The minimum absolute atomic E-state index is 0.0154. The molecule has 2 fully saturated rings. The number of thioether (sulfide) groups is 1. The van der Waals surface area contributed by atoms with Crippen LogP contribution in [-0.4, -0.2) is 49.3 Å². The molecule has 2 aliphatic rings. The van der Waals surface area contributed by atoms with E-state index in [9.17, 15) is 13.2 Å². The molecule has 0 spiro atoms. The first-order chi connectivity index (χ1) is 13.4. The third-order valence-electron chi connectivity index (χ3n) is 5.47. The number of carbonyl (C=O) groups is 1. The van der Waals surface area contributed by atoms with Crippen LogP contribution in [0.3, 0.4) is 0 Å². The number of nitrogens with zero attached hydrogens (tertiary/aromatic N) is 1. The number of nitrogens with one attached hydrogen (secondary N) is 1. The molecule has 5 nitrogen and oxygen atoms in total. The molecule has 156 valence electrons. The number of piperidine rings is 1. The fourth-order valence-electron chi connectivity index (χ4n) is 3.89. The molecular weight excluding hydrogens is 416 g/mol. The number of halogens is 1. The van der Waals surface area contributed by atoms with Crippen LogP contribution in [0.1, 0.15) is 44.1 Å². The summed E-state index contributed by atoms with van der Waals surface area (Å²) in [5.74, 6) is 0.599. The van der Waals surface area contributed by atoms with Crippen molar-refractivity contribution in [2.24, 2.45) is 5.92 Å². The normalized spacial score (nSPS) is 21.7. The Kier molecular flexibility index (Phi) is 8.09. The summed E-state index contributed by atoms with van der Waals surface area (Å²) in [7, 11) is -3.45.